The van der Waals surface area contributed by atoms with Gasteiger partial charge in [0.15, 0.2) is 5.76 Å². The number of rotatable bonds is 1. The molecule has 3 rings (SSSR count). The highest BCUT2D eigenvalue weighted by Gasteiger charge is 2.29. The Morgan fingerprint density at radius 3 is 2.94 bits per heavy atom. The molecule has 6 heteroatoms. The molecule has 0 aromatic carbocycles. The van der Waals surface area contributed by atoms with Gasteiger partial charge in [-0.3, -0.25) is 10.0 Å². The Kier molecular flexibility index (Phi) is 2.49. The number of aromatic nitrogens is 1. The molecule has 2 heterocycles. The van der Waals surface area contributed by atoms with Crippen LogP contribution in [0.4, 0.5) is 0 Å². The van der Waals surface area contributed by atoms with E-state index in [4.69, 9.17) is 9.62 Å². The van der Waals surface area contributed by atoms with Crippen LogP contribution in [0.2, 0.25) is 0 Å². The molecule has 0 spiro atoms. The van der Waals surface area contributed by atoms with E-state index in [1.165, 1.54) is 4.88 Å². The van der Waals surface area contributed by atoms with Crippen molar-refractivity contribution in [3.63, 3.8) is 0 Å². The first kappa shape index (κ1) is 11.4. The van der Waals surface area contributed by atoms with E-state index in [0.717, 1.165) is 40.4 Å². The summed E-state index contributed by atoms with van der Waals surface area (Å²) < 4.78 is 5.55. The van der Waals surface area contributed by atoms with Gasteiger partial charge in [-0.25, -0.2) is 10.5 Å². The zero-order valence-electron chi connectivity index (χ0n) is 10.0. The van der Waals surface area contributed by atoms with E-state index >= 15 is 0 Å². The van der Waals surface area contributed by atoms with Gasteiger partial charge in [0.2, 0.25) is 0 Å². The first-order valence-electron chi connectivity index (χ1n) is 5.65. The van der Waals surface area contributed by atoms with Gasteiger partial charge in [0.25, 0.3) is 0 Å². The van der Waals surface area contributed by atoms with E-state index < -0.39 is 5.91 Å². The second-order valence-corrected chi connectivity index (χ2v) is 5.59. The SMILES string of the molecule is Cc1nc2c(s1)CCc1oc(C(=O)NO)c(C)c1-2. The lowest BCUT2D eigenvalue weighted by molar-refractivity contribution is 0.0673. The molecule has 0 aliphatic heterocycles. The Hall–Kier alpha value is -1.66. The van der Waals surface area contributed by atoms with Crippen molar-refractivity contribution in [3.8, 4) is 11.3 Å². The third kappa shape index (κ3) is 1.49. The second kappa shape index (κ2) is 3.93. The molecule has 94 valence electrons. The molecule has 0 radical (unpaired) electrons. The van der Waals surface area contributed by atoms with Crippen molar-refractivity contribution in [3.05, 3.63) is 27.0 Å². The summed E-state index contributed by atoms with van der Waals surface area (Å²) in [5.74, 6) is 0.334. The van der Waals surface area contributed by atoms with E-state index in [-0.39, 0.29) is 5.76 Å². The van der Waals surface area contributed by atoms with Gasteiger partial charge in [-0.15, -0.1) is 11.3 Å². The number of carbonyl (C=O) groups excluding carboxylic acids is 1. The summed E-state index contributed by atoms with van der Waals surface area (Å²) in [5, 5.41) is 9.72. The first-order chi connectivity index (χ1) is 8.61. The Morgan fingerprint density at radius 1 is 1.44 bits per heavy atom. The molecular weight excluding hydrogens is 252 g/mol. The Labute approximate surface area is 107 Å². The minimum Gasteiger partial charge on any atom is -0.455 e. The number of furan rings is 1. The summed E-state index contributed by atoms with van der Waals surface area (Å²) >= 11 is 1.68. The molecule has 0 bridgehead atoms. The van der Waals surface area contributed by atoms with Gasteiger partial charge < -0.3 is 4.42 Å². The zero-order valence-corrected chi connectivity index (χ0v) is 10.8. The topological polar surface area (TPSA) is 75.4 Å². The number of aryl methyl sites for hydroxylation is 3. The number of hydrogen-bond donors (Lipinski definition) is 2. The molecule has 0 atom stereocenters. The lowest BCUT2D eigenvalue weighted by Gasteiger charge is -2.09. The zero-order chi connectivity index (χ0) is 12.9. The van der Waals surface area contributed by atoms with E-state index in [0.29, 0.717) is 0 Å². The van der Waals surface area contributed by atoms with Crippen LogP contribution in [-0.4, -0.2) is 16.1 Å². The van der Waals surface area contributed by atoms with Crippen LogP contribution in [0.5, 0.6) is 0 Å². The highest BCUT2D eigenvalue weighted by Crippen LogP contribution is 2.40. The average Bonchev–Trinajstić information content (AvgIpc) is 2.88. The average molecular weight is 264 g/mol. The van der Waals surface area contributed by atoms with Gasteiger partial charge in [-0.05, 0) is 20.3 Å². The third-order valence-electron chi connectivity index (χ3n) is 3.15. The summed E-state index contributed by atoms with van der Waals surface area (Å²) in [7, 11) is 0. The fourth-order valence-electron chi connectivity index (χ4n) is 2.39. The molecule has 5 nitrogen and oxygen atoms in total. The number of thiazole rings is 1. The van der Waals surface area contributed by atoms with Crippen LogP contribution < -0.4 is 5.48 Å². The van der Waals surface area contributed by atoms with Crippen molar-refractivity contribution in [1.82, 2.24) is 10.5 Å². The molecule has 1 aliphatic carbocycles. The van der Waals surface area contributed by atoms with Crippen molar-refractivity contribution in [2.75, 3.05) is 0 Å². The van der Waals surface area contributed by atoms with Crippen molar-refractivity contribution in [2.24, 2.45) is 0 Å². The number of nitrogens with zero attached hydrogens (tertiary/aromatic N) is 1. The summed E-state index contributed by atoms with van der Waals surface area (Å²) in [4.78, 5) is 17.2. The number of nitrogens with one attached hydrogen (secondary N) is 1. The van der Waals surface area contributed by atoms with Crippen molar-refractivity contribution < 1.29 is 14.4 Å². The van der Waals surface area contributed by atoms with Crippen molar-refractivity contribution in [1.29, 1.82) is 0 Å². The fraction of sp³-hybridized carbons (Fsp3) is 0.333. The number of hydrogen-bond acceptors (Lipinski definition) is 5. The minimum absolute atomic E-state index is 0.168. The highest BCUT2D eigenvalue weighted by atomic mass is 32.1. The fourth-order valence-corrected chi connectivity index (χ4v) is 3.33. The molecule has 1 amide bonds. The second-order valence-electron chi connectivity index (χ2n) is 4.30. The molecule has 2 N–H and O–H groups in total. The molecule has 0 saturated carbocycles. The molecular formula is C12H12N2O3S. The lowest BCUT2D eigenvalue weighted by Crippen LogP contribution is -2.18. The van der Waals surface area contributed by atoms with Crippen LogP contribution in [0, 0.1) is 13.8 Å². The van der Waals surface area contributed by atoms with Crippen molar-refractivity contribution in [2.45, 2.75) is 26.7 Å². The quantitative estimate of drug-likeness (QED) is 0.612. The predicted molar refractivity (Wildman–Crippen MR) is 66.0 cm³/mol. The minimum atomic E-state index is -0.615. The smallest absolute Gasteiger partial charge is 0.310 e. The van der Waals surface area contributed by atoms with Gasteiger partial charge in [0.05, 0.1) is 10.7 Å². The number of fused-ring (bicyclic) bond motifs is 3. The maximum absolute atomic E-state index is 11.5. The first-order valence-corrected chi connectivity index (χ1v) is 6.47. The number of carbonyl (C=O) groups is 1. The molecule has 2 aromatic rings. The monoisotopic (exact) mass is 264 g/mol. The van der Waals surface area contributed by atoms with Gasteiger partial charge >= 0.3 is 5.91 Å². The maximum atomic E-state index is 11.5. The van der Waals surface area contributed by atoms with Gasteiger partial charge in [-0.2, -0.15) is 0 Å². The van der Waals surface area contributed by atoms with Crippen LogP contribution >= 0.6 is 11.3 Å². The van der Waals surface area contributed by atoms with E-state index in [2.05, 4.69) is 4.98 Å². The van der Waals surface area contributed by atoms with Gasteiger partial charge in [0.1, 0.15) is 5.76 Å². The Morgan fingerprint density at radius 2 is 2.22 bits per heavy atom. The largest absolute Gasteiger partial charge is 0.455 e. The normalized spacial score (nSPS) is 13.1. The summed E-state index contributed by atoms with van der Waals surface area (Å²) in [5.41, 5.74) is 4.19. The van der Waals surface area contributed by atoms with Gasteiger partial charge in [0, 0.05) is 22.4 Å². The number of amides is 1. The molecule has 0 unspecified atom stereocenters. The summed E-state index contributed by atoms with van der Waals surface area (Å²) in [6.07, 6.45) is 1.66. The summed E-state index contributed by atoms with van der Waals surface area (Å²) in [6, 6.07) is 0. The van der Waals surface area contributed by atoms with Crippen LogP contribution in [-0.2, 0) is 12.8 Å². The maximum Gasteiger partial charge on any atom is 0.310 e. The third-order valence-corrected chi connectivity index (χ3v) is 4.18. The lowest BCUT2D eigenvalue weighted by atomic mass is 9.97. The van der Waals surface area contributed by atoms with Crippen LogP contribution in [0.1, 0.15) is 31.8 Å². The van der Waals surface area contributed by atoms with E-state index in [1.54, 1.807) is 16.8 Å². The summed E-state index contributed by atoms with van der Waals surface area (Å²) in [6.45, 7) is 3.79. The predicted octanol–water partition coefficient (Wildman–Crippen LogP) is 2.24. The molecule has 18 heavy (non-hydrogen) atoms. The highest BCUT2D eigenvalue weighted by molar-refractivity contribution is 7.12. The standard InChI is InChI=1S/C12H12N2O3S/c1-5-9-7(17-11(5)12(15)14-16)3-4-8-10(9)13-6(2)18-8/h16H,3-4H2,1-2H3,(H,14,15). The van der Waals surface area contributed by atoms with Crippen LogP contribution in [0.25, 0.3) is 11.3 Å². The van der Waals surface area contributed by atoms with E-state index in [9.17, 15) is 4.79 Å². The van der Waals surface area contributed by atoms with E-state index in [1.807, 2.05) is 13.8 Å². The van der Waals surface area contributed by atoms with Gasteiger partial charge in [-0.1, -0.05) is 0 Å². The van der Waals surface area contributed by atoms with Crippen LogP contribution in [0.15, 0.2) is 4.42 Å². The Bertz CT molecular complexity index is 642. The molecule has 0 fully saturated rings. The van der Waals surface area contributed by atoms with Crippen LogP contribution in [0.3, 0.4) is 0 Å². The van der Waals surface area contributed by atoms with Crippen molar-refractivity contribution >= 4 is 17.2 Å². The molecule has 2 aromatic heterocycles. The Balaban J connectivity index is 2.21. The number of hydroxylamine groups is 1. The molecule has 1 aliphatic rings. The molecule has 0 saturated heterocycles.